The molecule has 7 heteroatoms. The van der Waals surface area contributed by atoms with Gasteiger partial charge in [-0.05, 0) is 62.2 Å². The molecule has 0 aliphatic carbocycles. The van der Waals surface area contributed by atoms with Crippen molar-refractivity contribution in [1.82, 2.24) is 9.88 Å². The van der Waals surface area contributed by atoms with E-state index in [4.69, 9.17) is 22.7 Å². The molecule has 1 aliphatic rings. The maximum absolute atomic E-state index is 12.4. The minimum Gasteiger partial charge on any atom is -0.383 e. The van der Waals surface area contributed by atoms with Gasteiger partial charge in [0.25, 0.3) is 5.91 Å². The first-order valence-electron chi connectivity index (χ1n) is 7.96. The second-order valence-electron chi connectivity index (χ2n) is 6.03. The summed E-state index contributed by atoms with van der Waals surface area (Å²) in [6.07, 6.45) is 2.13. The number of carbonyl (C=O) groups excluding carboxylic acids is 1. The zero-order valence-corrected chi connectivity index (χ0v) is 15.4. The lowest BCUT2D eigenvalue weighted by atomic mass is 10.1. The molecule has 1 saturated heterocycles. The van der Waals surface area contributed by atoms with Crippen LogP contribution in [0.15, 0.2) is 18.2 Å². The molecule has 5 nitrogen and oxygen atoms in total. The standard InChI is InChI=1S/C17H21N3O2S2/c1-10-5-6-12(8-11(10)2)20-15(18)14(24-17(20)23)16(21)19-9-13-4-3-7-22-13/h5-6,8,13H,3-4,7,9,18H2,1-2H3,(H,19,21)/t13-/m0/s1. The number of amides is 1. The predicted molar refractivity (Wildman–Crippen MR) is 99.7 cm³/mol. The molecule has 3 N–H and O–H groups in total. The second kappa shape index (κ2) is 7.04. The van der Waals surface area contributed by atoms with Crippen molar-refractivity contribution in [1.29, 1.82) is 0 Å². The largest absolute Gasteiger partial charge is 0.383 e. The van der Waals surface area contributed by atoms with Crippen molar-refractivity contribution >= 4 is 35.3 Å². The lowest BCUT2D eigenvalue weighted by Crippen LogP contribution is -2.31. The van der Waals surface area contributed by atoms with Gasteiger partial charge in [0, 0.05) is 18.8 Å². The highest BCUT2D eigenvalue weighted by molar-refractivity contribution is 7.73. The van der Waals surface area contributed by atoms with E-state index in [1.165, 1.54) is 16.9 Å². The summed E-state index contributed by atoms with van der Waals surface area (Å²) in [6.45, 7) is 5.37. The molecular formula is C17H21N3O2S2. The number of nitrogens with one attached hydrogen (secondary N) is 1. The van der Waals surface area contributed by atoms with Gasteiger partial charge in [-0.1, -0.05) is 17.4 Å². The van der Waals surface area contributed by atoms with Gasteiger partial charge in [-0.15, -0.1) is 0 Å². The van der Waals surface area contributed by atoms with Gasteiger partial charge >= 0.3 is 0 Å². The van der Waals surface area contributed by atoms with Crippen LogP contribution in [0.2, 0.25) is 0 Å². The molecule has 0 spiro atoms. The van der Waals surface area contributed by atoms with Crippen molar-refractivity contribution in [3.63, 3.8) is 0 Å². The number of rotatable bonds is 4. The van der Waals surface area contributed by atoms with Gasteiger partial charge in [0.05, 0.1) is 6.10 Å². The molecule has 0 radical (unpaired) electrons. The van der Waals surface area contributed by atoms with Gasteiger partial charge in [0.15, 0.2) is 3.95 Å². The SMILES string of the molecule is Cc1ccc(-n2c(N)c(C(=O)NC[C@@H]3CCCO3)sc2=S)cc1C. The summed E-state index contributed by atoms with van der Waals surface area (Å²) in [5.74, 6) is 0.194. The molecule has 1 aromatic carbocycles. The van der Waals surface area contributed by atoms with Crippen molar-refractivity contribution in [2.75, 3.05) is 18.9 Å². The summed E-state index contributed by atoms with van der Waals surface area (Å²) in [4.78, 5) is 12.9. The van der Waals surface area contributed by atoms with Crippen LogP contribution in [0.5, 0.6) is 0 Å². The van der Waals surface area contributed by atoms with E-state index in [2.05, 4.69) is 12.2 Å². The van der Waals surface area contributed by atoms with E-state index in [1.807, 2.05) is 25.1 Å². The summed E-state index contributed by atoms with van der Waals surface area (Å²) < 4.78 is 7.85. The maximum atomic E-state index is 12.4. The smallest absolute Gasteiger partial charge is 0.265 e. The number of carbonyl (C=O) groups is 1. The lowest BCUT2D eigenvalue weighted by molar-refractivity contribution is 0.0861. The van der Waals surface area contributed by atoms with Gasteiger partial charge in [0.1, 0.15) is 10.7 Å². The Morgan fingerprint density at radius 1 is 1.46 bits per heavy atom. The quantitative estimate of drug-likeness (QED) is 0.817. The summed E-state index contributed by atoms with van der Waals surface area (Å²) in [5, 5.41) is 2.90. The highest BCUT2D eigenvalue weighted by Gasteiger charge is 2.21. The Morgan fingerprint density at radius 2 is 2.25 bits per heavy atom. The number of benzene rings is 1. The summed E-state index contributed by atoms with van der Waals surface area (Å²) >= 11 is 6.66. The van der Waals surface area contributed by atoms with Crippen LogP contribution in [0.1, 0.15) is 33.6 Å². The number of nitrogens with two attached hydrogens (primary N) is 1. The van der Waals surface area contributed by atoms with Gasteiger partial charge in [-0.2, -0.15) is 0 Å². The Bertz CT molecular complexity index is 820. The number of aryl methyl sites for hydroxylation is 2. The molecule has 2 aromatic rings. The van der Waals surface area contributed by atoms with Gasteiger partial charge in [-0.25, -0.2) is 0 Å². The fourth-order valence-electron chi connectivity index (χ4n) is 2.75. The van der Waals surface area contributed by atoms with Crippen molar-refractivity contribution in [3.8, 4) is 5.69 Å². The second-order valence-corrected chi connectivity index (χ2v) is 7.68. The first-order valence-corrected chi connectivity index (χ1v) is 9.18. The minimum atomic E-state index is -0.193. The Kier molecular flexibility index (Phi) is 5.03. The summed E-state index contributed by atoms with van der Waals surface area (Å²) in [6, 6.07) is 6.03. The van der Waals surface area contributed by atoms with Crippen LogP contribution in [0.25, 0.3) is 5.69 Å². The van der Waals surface area contributed by atoms with Gasteiger partial charge in [0.2, 0.25) is 0 Å². The zero-order valence-electron chi connectivity index (χ0n) is 13.8. The molecule has 24 heavy (non-hydrogen) atoms. The van der Waals surface area contributed by atoms with E-state index < -0.39 is 0 Å². The highest BCUT2D eigenvalue weighted by Crippen LogP contribution is 2.27. The minimum absolute atomic E-state index is 0.102. The maximum Gasteiger partial charge on any atom is 0.265 e. The molecule has 0 unspecified atom stereocenters. The lowest BCUT2D eigenvalue weighted by Gasteiger charge is -2.11. The number of hydrogen-bond donors (Lipinski definition) is 2. The topological polar surface area (TPSA) is 69.3 Å². The van der Waals surface area contributed by atoms with Crippen LogP contribution < -0.4 is 11.1 Å². The number of thiazole rings is 1. The van der Waals surface area contributed by atoms with E-state index in [-0.39, 0.29) is 12.0 Å². The van der Waals surface area contributed by atoms with E-state index in [9.17, 15) is 4.79 Å². The average molecular weight is 364 g/mol. The number of ether oxygens (including phenoxy) is 1. The Labute approximate surface area is 150 Å². The molecule has 0 bridgehead atoms. The monoisotopic (exact) mass is 363 g/mol. The fraction of sp³-hybridized carbons (Fsp3) is 0.412. The molecule has 2 heterocycles. The summed E-state index contributed by atoms with van der Waals surface area (Å²) in [7, 11) is 0. The van der Waals surface area contributed by atoms with Crippen LogP contribution >= 0.6 is 23.6 Å². The van der Waals surface area contributed by atoms with Gasteiger partial charge in [-0.3, -0.25) is 9.36 Å². The highest BCUT2D eigenvalue weighted by atomic mass is 32.1. The van der Waals surface area contributed by atoms with E-state index in [0.717, 1.165) is 30.7 Å². The molecule has 1 aliphatic heterocycles. The van der Waals surface area contributed by atoms with Crippen LogP contribution in [0.3, 0.4) is 0 Å². The Hall–Kier alpha value is -1.70. The number of anilines is 1. The van der Waals surface area contributed by atoms with E-state index in [0.29, 0.717) is 21.2 Å². The molecule has 0 saturated carbocycles. The first kappa shape index (κ1) is 17.1. The van der Waals surface area contributed by atoms with E-state index >= 15 is 0 Å². The molecule has 1 aromatic heterocycles. The van der Waals surface area contributed by atoms with Crippen molar-refractivity contribution in [2.45, 2.75) is 32.8 Å². The number of hydrogen-bond acceptors (Lipinski definition) is 5. The van der Waals surface area contributed by atoms with Gasteiger partial charge < -0.3 is 15.8 Å². The van der Waals surface area contributed by atoms with Crippen molar-refractivity contribution < 1.29 is 9.53 Å². The third-order valence-electron chi connectivity index (χ3n) is 4.31. The zero-order chi connectivity index (χ0) is 17.3. The van der Waals surface area contributed by atoms with Crippen molar-refractivity contribution in [2.24, 2.45) is 0 Å². The van der Waals surface area contributed by atoms with Crippen molar-refractivity contribution in [3.05, 3.63) is 38.2 Å². The Balaban J connectivity index is 1.84. The number of aromatic nitrogens is 1. The van der Waals surface area contributed by atoms with Crippen LogP contribution in [-0.2, 0) is 4.74 Å². The third-order valence-corrected chi connectivity index (χ3v) is 5.70. The normalized spacial score (nSPS) is 17.2. The predicted octanol–water partition coefficient (Wildman–Crippen LogP) is 3.38. The molecule has 1 amide bonds. The molecular weight excluding hydrogens is 342 g/mol. The first-order chi connectivity index (χ1) is 11.5. The van der Waals surface area contributed by atoms with Crippen LogP contribution in [0.4, 0.5) is 5.82 Å². The van der Waals surface area contributed by atoms with Crippen LogP contribution in [0, 0.1) is 17.8 Å². The summed E-state index contributed by atoms with van der Waals surface area (Å²) in [5.41, 5.74) is 9.47. The third kappa shape index (κ3) is 3.38. The molecule has 1 atom stereocenters. The number of nitrogen functional groups attached to an aromatic ring is 1. The number of nitrogens with zero attached hydrogens (tertiary/aromatic N) is 1. The fourth-order valence-corrected chi connectivity index (χ4v) is 4.03. The average Bonchev–Trinajstić information content (AvgIpc) is 3.16. The molecule has 3 rings (SSSR count). The van der Waals surface area contributed by atoms with Crippen LogP contribution in [-0.4, -0.2) is 29.7 Å². The molecule has 1 fully saturated rings. The molecule has 128 valence electrons. The van der Waals surface area contributed by atoms with E-state index in [1.54, 1.807) is 4.57 Å². The Morgan fingerprint density at radius 3 is 2.92 bits per heavy atom.